The van der Waals surface area contributed by atoms with Gasteiger partial charge in [0, 0.05) is 11.8 Å². The lowest BCUT2D eigenvalue weighted by Crippen LogP contribution is -2.28. The molecule has 0 aliphatic rings. The van der Waals surface area contributed by atoms with Gasteiger partial charge in [-0.3, -0.25) is 4.98 Å². The highest BCUT2D eigenvalue weighted by molar-refractivity contribution is 7.88. The largest absolute Gasteiger partial charge is 0.534 e. The second-order valence-corrected chi connectivity index (χ2v) is 8.04. The molecule has 0 aliphatic heterocycles. The minimum Gasteiger partial charge on any atom is -0.376 e. The van der Waals surface area contributed by atoms with Crippen LogP contribution in [0, 0.1) is 0 Å². The first kappa shape index (κ1) is 19.9. The summed E-state index contributed by atoms with van der Waals surface area (Å²) in [6.07, 6.45) is 1.73. The lowest BCUT2D eigenvalue weighted by atomic mass is 9.99. The fraction of sp³-hybridized carbons (Fsp3) is 0.0455. The van der Waals surface area contributed by atoms with Crippen LogP contribution in [0.2, 0.25) is 0 Å². The summed E-state index contributed by atoms with van der Waals surface area (Å²) in [5.74, 6) is -0.396. The highest BCUT2D eigenvalue weighted by Gasteiger charge is 2.48. The molecule has 0 unspecified atom stereocenters. The van der Waals surface area contributed by atoms with E-state index in [1.54, 1.807) is 18.3 Å². The zero-order valence-corrected chi connectivity index (χ0v) is 16.1. The van der Waals surface area contributed by atoms with Crippen molar-refractivity contribution in [3.05, 3.63) is 85.1 Å². The first-order valence-electron chi connectivity index (χ1n) is 8.79. The molecule has 8 heteroatoms. The van der Waals surface area contributed by atoms with E-state index in [9.17, 15) is 21.6 Å². The quantitative estimate of drug-likeness (QED) is 0.304. The molecule has 0 atom stereocenters. The van der Waals surface area contributed by atoms with Gasteiger partial charge in [-0.15, -0.1) is 0 Å². The van der Waals surface area contributed by atoms with Crippen molar-refractivity contribution < 1.29 is 25.8 Å². The van der Waals surface area contributed by atoms with Crippen LogP contribution in [0.1, 0.15) is 0 Å². The number of nitrogens with zero attached hydrogens (tertiary/aromatic N) is 1. The van der Waals surface area contributed by atoms with E-state index in [-0.39, 0.29) is 0 Å². The summed E-state index contributed by atoms with van der Waals surface area (Å²) in [5, 5.41) is 1.29. The number of fused-ring (bicyclic) bond motifs is 1. The molecule has 0 spiro atoms. The van der Waals surface area contributed by atoms with Crippen LogP contribution >= 0.6 is 0 Å². The van der Waals surface area contributed by atoms with Gasteiger partial charge in [-0.2, -0.15) is 21.6 Å². The van der Waals surface area contributed by atoms with E-state index in [1.807, 2.05) is 48.5 Å². The van der Waals surface area contributed by atoms with Gasteiger partial charge in [0.15, 0.2) is 0 Å². The molecule has 0 saturated heterocycles. The maximum atomic E-state index is 12.5. The molecule has 0 aliphatic carbocycles. The van der Waals surface area contributed by atoms with Crippen LogP contribution in [-0.2, 0) is 10.1 Å². The lowest BCUT2D eigenvalue weighted by molar-refractivity contribution is -0.0500. The van der Waals surface area contributed by atoms with Crippen molar-refractivity contribution in [2.75, 3.05) is 0 Å². The summed E-state index contributed by atoms with van der Waals surface area (Å²) >= 11 is 0. The standard InChI is InChI=1S/C22H14F3NO3S/c23-22(24,25)30(27,28)29-20-11-10-18-13-17(8-9-19(18)14-20)15-4-6-16(7-5-15)21-3-1-2-12-26-21/h1-14H. The average molecular weight is 429 g/mol. The molecule has 30 heavy (non-hydrogen) atoms. The van der Waals surface area contributed by atoms with E-state index in [0.717, 1.165) is 27.8 Å². The van der Waals surface area contributed by atoms with Crippen LogP contribution in [0.4, 0.5) is 13.2 Å². The van der Waals surface area contributed by atoms with Gasteiger partial charge in [0.05, 0.1) is 5.69 Å². The number of halogens is 3. The Balaban J connectivity index is 1.61. The summed E-state index contributed by atoms with van der Waals surface area (Å²) in [6, 6.07) is 22.9. The van der Waals surface area contributed by atoms with Crippen molar-refractivity contribution in [3.63, 3.8) is 0 Å². The summed E-state index contributed by atoms with van der Waals surface area (Å²) in [4.78, 5) is 4.32. The molecular weight excluding hydrogens is 415 g/mol. The summed E-state index contributed by atoms with van der Waals surface area (Å²) in [7, 11) is -5.70. The zero-order valence-electron chi connectivity index (χ0n) is 15.3. The Morgan fingerprint density at radius 3 is 2.03 bits per heavy atom. The third-order valence-corrected chi connectivity index (χ3v) is 5.46. The maximum absolute atomic E-state index is 12.5. The Morgan fingerprint density at radius 2 is 1.37 bits per heavy atom. The predicted molar refractivity (Wildman–Crippen MR) is 108 cm³/mol. The summed E-state index contributed by atoms with van der Waals surface area (Å²) in [5.41, 5.74) is -1.77. The molecular formula is C22H14F3NO3S. The topological polar surface area (TPSA) is 56.3 Å². The fourth-order valence-electron chi connectivity index (χ4n) is 3.00. The SMILES string of the molecule is O=S(=O)(Oc1ccc2cc(-c3ccc(-c4ccccn4)cc3)ccc2c1)C(F)(F)F. The Hall–Kier alpha value is -3.39. The molecule has 4 rings (SSSR count). The van der Waals surface area contributed by atoms with Gasteiger partial charge in [-0.1, -0.05) is 48.5 Å². The summed E-state index contributed by atoms with van der Waals surface area (Å²) < 4.78 is 64.0. The van der Waals surface area contributed by atoms with Crippen LogP contribution in [0.5, 0.6) is 5.75 Å². The first-order chi connectivity index (χ1) is 14.2. The number of benzene rings is 3. The van der Waals surface area contributed by atoms with Crippen molar-refractivity contribution in [1.29, 1.82) is 0 Å². The Labute approximate surface area is 170 Å². The number of hydrogen-bond donors (Lipinski definition) is 0. The van der Waals surface area contributed by atoms with Gasteiger partial charge in [-0.25, -0.2) is 0 Å². The number of pyridine rings is 1. The van der Waals surface area contributed by atoms with E-state index in [4.69, 9.17) is 0 Å². The van der Waals surface area contributed by atoms with Crippen LogP contribution in [0.15, 0.2) is 85.1 Å². The highest BCUT2D eigenvalue weighted by atomic mass is 32.2. The molecule has 0 saturated carbocycles. The van der Waals surface area contributed by atoms with Crippen molar-refractivity contribution in [3.8, 4) is 28.1 Å². The molecule has 3 aromatic carbocycles. The van der Waals surface area contributed by atoms with Gasteiger partial charge in [0.2, 0.25) is 0 Å². The molecule has 0 N–H and O–H groups in total. The normalized spacial score (nSPS) is 12.1. The van der Waals surface area contributed by atoms with Crippen LogP contribution < -0.4 is 4.18 Å². The van der Waals surface area contributed by atoms with E-state index in [0.29, 0.717) is 5.39 Å². The molecule has 4 aromatic rings. The van der Waals surface area contributed by atoms with E-state index < -0.39 is 21.4 Å². The van der Waals surface area contributed by atoms with Crippen LogP contribution in [0.3, 0.4) is 0 Å². The van der Waals surface area contributed by atoms with Gasteiger partial charge >= 0.3 is 15.6 Å². The van der Waals surface area contributed by atoms with Crippen molar-refractivity contribution in [2.24, 2.45) is 0 Å². The first-order valence-corrected chi connectivity index (χ1v) is 10.2. The monoisotopic (exact) mass is 429 g/mol. The fourth-order valence-corrected chi connectivity index (χ4v) is 3.45. The third kappa shape index (κ3) is 3.99. The van der Waals surface area contributed by atoms with Crippen molar-refractivity contribution in [1.82, 2.24) is 4.98 Å². The van der Waals surface area contributed by atoms with Crippen LogP contribution in [0.25, 0.3) is 33.2 Å². The van der Waals surface area contributed by atoms with Gasteiger partial charge < -0.3 is 4.18 Å². The predicted octanol–water partition coefficient (Wildman–Crippen LogP) is 5.80. The number of hydrogen-bond acceptors (Lipinski definition) is 4. The van der Waals surface area contributed by atoms with E-state index >= 15 is 0 Å². The lowest BCUT2D eigenvalue weighted by Gasteiger charge is -2.10. The summed E-state index contributed by atoms with van der Waals surface area (Å²) in [6.45, 7) is 0. The average Bonchev–Trinajstić information content (AvgIpc) is 2.73. The minimum atomic E-state index is -5.70. The molecule has 1 heterocycles. The molecule has 0 radical (unpaired) electrons. The van der Waals surface area contributed by atoms with Crippen molar-refractivity contribution >= 4 is 20.9 Å². The maximum Gasteiger partial charge on any atom is 0.534 e. The van der Waals surface area contributed by atoms with Gasteiger partial charge in [0.1, 0.15) is 5.75 Å². The Bertz CT molecular complexity index is 1300. The second-order valence-electron chi connectivity index (χ2n) is 6.50. The highest BCUT2D eigenvalue weighted by Crippen LogP contribution is 2.31. The minimum absolute atomic E-state index is 0.396. The number of aromatic nitrogens is 1. The second kappa shape index (κ2) is 7.46. The number of rotatable bonds is 4. The van der Waals surface area contributed by atoms with Gasteiger partial charge in [-0.05, 0) is 52.2 Å². The molecule has 0 bridgehead atoms. The zero-order chi connectivity index (χ0) is 21.4. The smallest absolute Gasteiger partial charge is 0.376 e. The molecule has 152 valence electrons. The molecule has 4 nitrogen and oxygen atoms in total. The Morgan fingerprint density at radius 1 is 0.733 bits per heavy atom. The van der Waals surface area contributed by atoms with E-state index in [2.05, 4.69) is 9.17 Å². The molecule has 1 aromatic heterocycles. The molecule has 0 amide bonds. The Kier molecular flexibility index (Phi) is 4.95. The third-order valence-electron chi connectivity index (χ3n) is 4.48. The van der Waals surface area contributed by atoms with Crippen molar-refractivity contribution in [2.45, 2.75) is 5.51 Å². The van der Waals surface area contributed by atoms with Crippen LogP contribution in [-0.4, -0.2) is 18.9 Å². The van der Waals surface area contributed by atoms with Gasteiger partial charge in [0.25, 0.3) is 0 Å². The molecule has 0 fully saturated rings. The number of alkyl halides is 3. The van der Waals surface area contributed by atoms with E-state index in [1.165, 1.54) is 18.2 Å².